The van der Waals surface area contributed by atoms with Crippen molar-refractivity contribution in [3.8, 4) is 0 Å². The largest absolute Gasteiger partial charge is 0.356 e. The molecule has 2 saturated heterocycles. The first kappa shape index (κ1) is 12.9. The smallest absolute Gasteiger partial charge is 0.226 e. The van der Waals surface area contributed by atoms with E-state index in [1.54, 1.807) is 0 Å². The molecule has 2 amide bonds. The highest BCUT2D eigenvalue weighted by Gasteiger charge is 2.39. The minimum absolute atomic E-state index is 0.0360. The second-order valence-electron chi connectivity index (χ2n) is 6.57. The predicted octanol–water partition coefficient (Wildman–Crippen LogP) is 1.70. The Bertz CT molecular complexity index is 364. The minimum atomic E-state index is -0.0635. The molecule has 3 fully saturated rings. The van der Waals surface area contributed by atoms with Crippen LogP contribution in [0.3, 0.4) is 0 Å². The number of hydrogen-bond acceptors (Lipinski definition) is 2. The standard InChI is InChI=1S/C15H24N2O2/c18-13-11-12(3-8-16-13)14(19)17-9-6-15(7-10-17)4-1-2-5-15/h12H,1-11H2,(H,16,18). The topological polar surface area (TPSA) is 49.4 Å². The van der Waals surface area contributed by atoms with Gasteiger partial charge >= 0.3 is 0 Å². The fourth-order valence-corrected chi connectivity index (χ4v) is 4.08. The predicted molar refractivity (Wildman–Crippen MR) is 72.4 cm³/mol. The van der Waals surface area contributed by atoms with Crippen LogP contribution in [0, 0.1) is 11.3 Å². The highest BCUT2D eigenvalue weighted by Crippen LogP contribution is 2.46. The van der Waals surface area contributed by atoms with Gasteiger partial charge in [0.25, 0.3) is 0 Å². The molecular formula is C15H24N2O2. The minimum Gasteiger partial charge on any atom is -0.356 e. The number of carbonyl (C=O) groups is 2. The van der Waals surface area contributed by atoms with Crippen molar-refractivity contribution in [2.24, 2.45) is 11.3 Å². The van der Waals surface area contributed by atoms with Crippen LogP contribution in [-0.2, 0) is 9.59 Å². The van der Waals surface area contributed by atoms with Gasteiger partial charge in [-0.15, -0.1) is 0 Å². The van der Waals surface area contributed by atoms with Gasteiger partial charge in [0, 0.05) is 32.0 Å². The van der Waals surface area contributed by atoms with Crippen LogP contribution >= 0.6 is 0 Å². The number of likely N-dealkylation sites (tertiary alicyclic amines) is 1. The van der Waals surface area contributed by atoms with Crippen LogP contribution in [0.2, 0.25) is 0 Å². The summed E-state index contributed by atoms with van der Waals surface area (Å²) in [6.45, 7) is 2.49. The van der Waals surface area contributed by atoms with E-state index < -0.39 is 0 Å². The van der Waals surface area contributed by atoms with Crippen molar-refractivity contribution in [2.45, 2.75) is 51.4 Å². The molecule has 2 aliphatic heterocycles. The Morgan fingerprint density at radius 2 is 1.84 bits per heavy atom. The van der Waals surface area contributed by atoms with Crippen molar-refractivity contribution in [3.63, 3.8) is 0 Å². The molecule has 2 heterocycles. The van der Waals surface area contributed by atoms with Gasteiger partial charge in [0.2, 0.25) is 11.8 Å². The highest BCUT2D eigenvalue weighted by atomic mass is 16.2. The highest BCUT2D eigenvalue weighted by molar-refractivity contribution is 5.87. The van der Waals surface area contributed by atoms with Crippen molar-refractivity contribution >= 4 is 11.8 Å². The first-order valence-electron chi connectivity index (χ1n) is 7.74. The van der Waals surface area contributed by atoms with E-state index in [0.717, 1.165) is 19.5 Å². The summed E-state index contributed by atoms with van der Waals surface area (Å²) in [5.74, 6) is 0.197. The quantitative estimate of drug-likeness (QED) is 0.783. The van der Waals surface area contributed by atoms with Crippen LogP contribution < -0.4 is 5.32 Å². The molecule has 0 aromatic rings. The second kappa shape index (κ2) is 5.14. The average molecular weight is 264 g/mol. The summed E-state index contributed by atoms with van der Waals surface area (Å²) in [7, 11) is 0. The van der Waals surface area contributed by atoms with Gasteiger partial charge in [-0.2, -0.15) is 0 Å². The van der Waals surface area contributed by atoms with E-state index in [2.05, 4.69) is 5.32 Å². The van der Waals surface area contributed by atoms with E-state index in [9.17, 15) is 9.59 Å². The summed E-state index contributed by atoms with van der Waals surface area (Å²) >= 11 is 0. The lowest BCUT2D eigenvalue weighted by Crippen LogP contribution is -2.47. The Kier molecular flexibility index (Phi) is 3.50. The van der Waals surface area contributed by atoms with Crippen molar-refractivity contribution in [3.05, 3.63) is 0 Å². The van der Waals surface area contributed by atoms with Gasteiger partial charge in [-0.05, 0) is 37.5 Å². The fourth-order valence-electron chi connectivity index (χ4n) is 4.08. The molecule has 1 unspecified atom stereocenters. The molecule has 1 saturated carbocycles. The monoisotopic (exact) mass is 264 g/mol. The van der Waals surface area contributed by atoms with Crippen LogP contribution in [0.1, 0.15) is 51.4 Å². The molecule has 3 aliphatic rings. The summed E-state index contributed by atoms with van der Waals surface area (Å²) in [4.78, 5) is 25.9. The molecule has 1 N–H and O–H groups in total. The Morgan fingerprint density at radius 3 is 2.47 bits per heavy atom. The molecule has 0 radical (unpaired) electrons. The van der Waals surface area contributed by atoms with Gasteiger partial charge in [0.05, 0.1) is 0 Å². The normalized spacial score (nSPS) is 30.4. The van der Waals surface area contributed by atoms with Gasteiger partial charge in [-0.1, -0.05) is 12.8 Å². The van der Waals surface area contributed by atoms with Crippen molar-refractivity contribution in [1.82, 2.24) is 10.2 Å². The zero-order valence-electron chi connectivity index (χ0n) is 11.6. The summed E-state index contributed by atoms with van der Waals surface area (Å²) in [6.07, 6.45) is 9.03. The van der Waals surface area contributed by atoms with Gasteiger partial charge in [0.15, 0.2) is 0 Å². The third-order valence-corrected chi connectivity index (χ3v) is 5.40. The maximum atomic E-state index is 12.4. The van der Waals surface area contributed by atoms with Gasteiger partial charge < -0.3 is 10.2 Å². The Balaban J connectivity index is 1.55. The summed E-state index contributed by atoms with van der Waals surface area (Å²) in [6, 6.07) is 0. The molecule has 0 bridgehead atoms. The van der Waals surface area contributed by atoms with Crippen LogP contribution in [0.4, 0.5) is 0 Å². The molecule has 4 heteroatoms. The number of amides is 2. The molecule has 0 aromatic heterocycles. The van der Waals surface area contributed by atoms with Crippen LogP contribution in [-0.4, -0.2) is 36.3 Å². The fraction of sp³-hybridized carbons (Fsp3) is 0.867. The third-order valence-electron chi connectivity index (χ3n) is 5.40. The Hall–Kier alpha value is -1.06. The zero-order chi connectivity index (χ0) is 13.3. The molecule has 4 nitrogen and oxygen atoms in total. The first-order chi connectivity index (χ1) is 9.19. The van der Waals surface area contributed by atoms with Gasteiger partial charge in [-0.3, -0.25) is 9.59 Å². The Morgan fingerprint density at radius 1 is 1.16 bits per heavy atom. The molecule has 19 heavy (non-hydrogen) atoms. The summed E-state index contributed by atoms with van der Waals surface area (Å²) < 4.78 is 0. The number of hydrogen-bond donors (Lipinski definition) is 1. The number of piperidine rings is 2. The van der Waals surface area contributed by atoms with Crippen molar-refractivity contribution in [1.29, 1.82) is 0 Å². The number of nitrogens with zero attached hydrogens (tertiary/aromatic N) is 1. The van der Waals surface area contributed by atoms with Crippen LogP contribution in [0.25, 0.3) is 0 Å². The molecule has 1 spiro atoms. The van der Waals surface area contributed by atoms with Gasteiger partial charge in [-0.25, -0.2) is 0 Å². The average Bonchev–Trinajstić information content (AvgIpc) is 2.87. The second-order valence-corrected chi connectivity index (χ2v) is 6.57. The molecular weight excluding hydrogens is 240 g/mol. The summed E-state index contributed by atoms with van der Waals surface area (Å²) in [5.41, 5.74) is 0.556. The maximum Gasteiger partial charge on any atom is 0.226 e. The molecule has 106 valence electrons. The maximum absolute atomic E-state index is 12.4. The molecule has 3 rings (SSSR count). The van der Waals surface area contributed by atoms with Crippen molar-refractivity contribution in [2.75, 3.05) is 19.6 Å². The Labute approximate surface area is 114 Å². The van der Waals surface area contributed by atoms with E-state index in [0.29, 0.717) is 18.4 Å². The van der Waals surface area contributed by atoms with Gasteiger partial charge in [0.1, 0.15) is 0 Å². The first-order valence-corrected chi connectivity index (χ1v) is 7.74. The lowest BCUT2D eigenvalue weighted by atomic mass is 9.77. The molecule has 0 aromatic carbocycles. The van der Waals surface area contributed by atoms with Crippen LogP contribution in [0.15, 0.2) is 0 Å². The van der Waals surface area contributed by atoms with E-state index in [-0.39, 0.29) is 17.7 Å². The van der Waals surface area contributed by atoms with Crippen molar-refractivity contribution < 1.29 is 9.59 Å². The molecule has 1 atom stereocenters. The van der Waals surface area contributed by atoms with E-state index in [4.69, 9.17) is 0 Å². The van der Waals surface area contributed by atoms with E-state index >= 15 is 0 Å². The number of nitrogens with one attached hydrogen (secondary N) is 1. The lowest BCUT2D eigenvalue weighted by molar-refractivity contribution is -0.142. The van der Waals surface area contributed by atoms with Crippen LogP contribution in [0.5, 0.6) is 0 Å². The lowest BCUT2D eigenvalue weighted by Gasteiger charge is -2.40. The zero-order valence-corrected chi connectivity index (χ0v) is 11.6. The number of carbonyl (C=O) groups excluding carboxylic acids is 2. The van der Waals surface area contributed by atoms with E-state index in [1.165, 1.54) is 38.5 Å². The summed E-state index contributed by atoms with van der Waals surface area (Å²) in [5, 5.41) is 2.80. The third kappa shape index (κ3) is 2.63. The SMILES string of the molecule is O=C1CC(C(=O)N2CCC3(CCCC3)CC2)CCN1. The number of rotatable bonds is 1. The molecule has 1 aliphatic carbocycles. The van der Waals surface area contributed by atoms with E-state index in [1.807, 2.05) is 4.90 Å².